The molecule has 0 spiro atoms. The van der Waals surface area contributed by atoms with E-state index in [1.807, 2.05) is 0 Å². The first-order chi connectivity index (χ1) is 13.3. The molecule has 0 radical (unpaired) electrons. The minimum absolute atomic E-state index is 0.145. The Hall–Kier alpha value is -2.67. The fraction of sp³-hybridized carbons (Fsp3) is 0.333. The highest BCUT2D eigenvalue weighted by Gasteiger charge is 2.53. The average Bonchev–Trinajstić information content (AvgIpc) is 3.21. The first-order valence-electron chi connectivity index (χ1n) is 9.12. The molecule has 0 atom stereocenters. The van der Waals surface area contributed by atoms with Gasteiger partial charge in [0.25, 0.3) is 0 Å². The molecule has 148 valence electrons. The van der Waals surface area contributed by atoms with Crippen molar-refractivity contribution in [1.82, 2.24) is 0 Å². The number of ether oxygens (including phenoxy) is 1. The molecule has 28 heavy (non-hydrogen) atoms. The molecule has 0 heterocycles. The van der Waals surface area contributed by atoms with Crippen LogP contribution in [0.25, 0.3) is 0 Å². The second kappa shape index (κ2) is 7.75. The smallest absolute Gasteiger partial charge is 0.338 e. The van der Waals surface area contributed by atoms with Gasteiger partial charge in [-0.3, -0.25) is 4.79 Å². The molecule has 7 heteroatoms. The zero-order valence-electron chi connectivity index (χ0n) is 15.9. The number of methoxy groups -OCH3 is 1. The van der Waals surface area contributed by atoms with Crippen LogP contribution >= 0.6 is 0 Å². The summed E-state index contributed by atoms with van der Waals surface area (Å²) in [7, 11) is -2.58. The molecule has 3 rings (SSSR count). The van der Waals surface area contributed by atoms with E-state index in [0.29, 0.717) is 29.7 Å². The van der Waals surface area contributed by atoms with Crippen molar-refractivity contribution >= 4 is 27.4 Å². The number of sulfone groups is 1. The van der Waals surface area contributed by atoms with Crippen molar-refractivity contribution < 1.29 is 22.7 Å². The lowest BCUT2D eigenvalue weighted by molar-refractivity contribution is -0.118. The molecule has 6 nitrogen and oxygen atoms in total. The number of nitrogens with one attached hydrogen (secondary N) is 1. The number of benzene rings is 2. The van der Waals surface area contributed by atoms with Crippen molar-refractivity contribution in [1.29, 1.82) is 0 Å². The monoisotopic (exact) mass is 401 g/mol. The van der Waals surface area contributed by atoms with Gasteiger partial charge < -0.3 is 10.1 Å². The summed E-state index contributed by atoms with van der Waals surface area (Å²) in [5.41, 5.74) is 1.27. The van der Waals surface area contributed by atoms with Gasteiger partial charge in [0, 0.05) is 5.69 Å². The molecule has 2 aromatic rings. The molecular formula is C21H23NO5S. The number of esters is 1. The van der Waals surface area contributed by atoms with Gasteiger partial charge in [0.15, 0.2) is 14.6 Å². The summed E-state index contributed by atoms with van der Waals surface area (Å²) in [5.74, 6) is -1.07. The fourth-order valence-corrected chi connectivity index (χ4v) is 5.82. The molecule has 0 aromatic heterocycles. The van der Waals surface area contributed by atoms with E-state index >= 15 is 0 Å². The van der Waals surface area contributed by atoms with Crippen molar-refractivity contribution in [3.63, 3.8) is 0 Å². The summed E-state index contributed by atoms with van der Waals surface area (Å²) in [6, 6.07) is 13.0. The molecular weight excluding hydrogens is 378 g/mol. The Kier molecular flexibility index (Phi) is 5.56. The topological polar surface area (TPSA) is 89.5 Å². The van der Waals surface area contributed by atoms with E-state index in [9.17, 15) is 18.0 Å². The lowest BCUT2D eigenvalue weighted by Crippen LogP contribution is -2.47. The third kappa shape index (κ3) is 3.30. The maximum atomic E-state index is 13.4. The highest BCUT2D eigenvalue weighted by molar-refractivity contribution is 7.93. The zero-order valence-corrected chi connectivity index (χ0v) is 16.7. The highest BCUT2D eigenvalue weighted by atomic mass is 32.2. The summed E-state index contributed by atoms with van der Waals surface area (Å²) in [4.78, 5) is 25.3. The van der Waals surface area contributed by atoms with Crippen LogP contribution in [0.2, 0.25) is 0 Å². The zero-order chi connectivity index (χ0) is 20.4. The molecule has 0 unspecified atom stereocenters. The van der Waals surface area contributed by atoms with Crippen molar-refractivity contribution in [2.75, 3.05) is 12.4 Å². The van der Waals surface area contributed by atoms with Crippen LogP contribution in [0, 0.1) is 6.92 Å². The summed E-state index contributed by atoms with van der Waals surface area (Å²) in [5, 5.41) is 2.76. The summed E-state index contributed by atoms with van der Waals surface area (Å²) in [6.45, 7) is 1.69. The Morgan fingerprint density at radius 1 is 1.00 bits per heavy atom. The van der Waals surface area contributed by atoms with Crippen LogP contribution in [0.5, 0.6) is 0 Å². The maximum Gasteiger partial charge on any atom is 0.338 e. The molecule has 0 bridgehead atoms. The third-order valence-corrected chi connectivity index (χ3v) is 7.90. The number of amides is 1. The standard InChI is InChI=1S/C21H23NO5S/c1-15-17(19(23)27-2)11-8-12-18(15)22-20(24)21(13-6-7-14-21)28(25,26)16-9-4-3-5-10-16/h3-5,8-12H,6-7,13-14H2,1-2H3,(H,22,24). The number of carbonyl (C=O) groups excluding carboxylic acids is 2. The van der Waals surface area contributed by atoms with Crippen molar-refractivity contribution in [2.45, 2.75) is 42.2 Å². The van der Waals surface area contributed by atoms with Crippen LogP contribution in [-0.4, -0.2) is 32.2 Å². The van der Waals surface area contributed by atoms with E-state index in [2.05, 4.69) is 5.32 Å². The number of carbonyl (C=O) groups is 2. The Labute approximate surface area is 164 Å². The van der Waals surface area contributed by atoms with E-state index in [4.69, 9.17) is 4.74 Å². The maximum absolute atomic E-state index is 13.4. The van der Waals surface area contributed by atoms with Gasteiger partial charge in [0.1, 0.15) is 0 Å². The molecule has 1 N–H and O–H groups in total. The largest absolute Gasteiger partial charge is 0.465 e. The summed E-state index contributed by atoms with van der Waals surface area (Å²) >= 11 is 0. The van der Waals surface area contributed by atoms with Crippen LogP contribution < -0.4 is 5.32 Å². The number of anilines is 1. The molecule has 1 fully saturated rings. The van der Waals surface area contributed by atoms with Gasteiger partial charge >= 0.3 is 5.97 Å². The lowest BCUT2D eigenvalue weighted by Gasteiger charge is -2.28. The van der Waals surface area contributed by atoms with Crippen LogP contribution in [0.4, 0.5) is 5.69 Å². The van der Waals surface area contributed by atoms with E-state index in [-0.39, 0.29) is 17.7 Å². The predicted octanol–water partition coefficient (Wildman–Crippen LogP) is 3.51. The molecule has 1 saturated carbocycles. The molecule has 0 saturated heterocycles. The van der Waals surface area contributed by atoms with Gasteiger partial charge in [0.05, 0.1) is 17.6 Å². The summed E-state index contributed by atoms with van der Waals surface area (Å²) in [6.07, 6.45) is 1.87. The lowest BCUT2D eigenvalue weighted by atomic mass is 10.0. The Morgan fingerprint density at radius 3 is 2.25 bits per heavy atom. The van der Waals surface area contributed by atoms with E-state index in [1.165, 1.54) is 19.2 Å². The Bertz CT molecular complexity index is 993. The van der Waals surface area contributed by atoms with E-state index < -0.39 is 26.5 Å². The molecule has 2 aromatic carbocycles. The van der Waals surface area contributed by atoms with Crippen molar-refractivity contribution in [3.8, 4) is 0 Å². The third-order valence-electron chi connectivity index (χ3n) is 5.38. The average molecular weight is 401 g/mol. The highest BCUT2D eigenvalue weighted by Crippen LogP contribution is 2.41. The molecule has 1 aliphatic rings. The van der Waals surface area contributed by atoms with Crippen molar-refractivity contribution in [3.05, 3.63) is 59.7 Å². The number of hydrogen-bond donors (Lipinski definition) is 1. The van der Waals surface area contributed by atoms with Crippen LogP contribution in [0.3, 0.4) is 0 Å². The quantitative estimate of drug-likeness (QED) is 0.775. The van der Waals surface area contributed by atoms with Crippen molar-refractivity contribution in [2.24, 2.45) is 0 Å². The fourth-order valence-electron chi connectivity index (χ4n) is 3.73. The van der Waals surface area contributed by atoms with Gasteiger partial charge in [-0.2, -0.15) is 0 Å². The first-order valence-corrected chi connectivity index (χ1v) is 10.6. The van der Waals surface area contributed by atoms with Gasteiger partial charge in [-0.15, -0.1) is 0 Å². The minimum atomic E-state index is -3.87. The summed E-state index contributed by atoms with van der Waals surface area (Å²) < 4.78 is 30.0. The second-order valence-electron chi connectivity index (χ2n) is 6.94. The van der Waals surface area contributed by atoms with Gasteiger partial charge in [0.2, 0.25) is 5.91 Å². The van der Waals surface area contributed by atoms with Crippen LogP contribution in [0.1, 0.15) is 41.6 Å². The Morgan fingerprint density at radius 2 is 1.64 bits per heavy atom. The molecule has 1 amide bonds. The normalized spacial score (nSPS) is 15.8. The Balaban J connectivity index is 1.99. The van der Waals surface area contributed by atoms with Gasteiger partial charge in [-0.1, -0.05) is 37.1 Å². The van der Waals surface area contributed by atoms with E-state index in [1.54, 1.807) is 43.3 Å². The van der Waals surface area contributed by atoms with Gasteiger partial charge in [-0.05, 0) is 49.6 Å². The second-order valence-corrected chi connectivity index (χ2v) is 9.20. The SMILES string of the molecule is COC(=O)c1cccc(NC(=O)C2(S(=O)(=O)c3ccccc3)CCCC2)c1C. The predicted molar refractivity (Wildman–Crippen MR) is 106 cm³/mol. The van der Waals surface area contributed by atoms with Gasteiger partial charge in [-0.25, -0.2) is 13.2 Å². The van der Waals surface area contributed by atoms with E-state index in [0.717, 1.165) is 0 Å². The minimum Gasteiger partial charge on any atom is -0.465 e. The number of rotatable bonds is 5. The molecule has 0 aliphatic heterocycles. The number of hydrogen-bond acceptors (Lipinski definition) is 5. The van der Waals surface area contributed by atoms with Crippen LogP contribution in [0.15, 0.2) is 53.4 Å². The van der Waals surface area contributed by atoms with Crippen LogP contribution in [-0.2, 0) is 19.4 Å². The molecule has 1 aliphatic carbocycles. The first kappa shape index (κ1) is 20.1.